The largest absolute Gasteiger partial charge is 0.340 e. The van der Waals surface area contributed by atoms with Gasteiger partial charge in [0.15, 0.2) is 5.78 Å². The SMILES string of the molecule is CC(=O)c1cccc(Nc2ccc(C(=O)Nc3ccccc3C#N)cn2)c1. The summed E-state index contributed by atoms with van der Waals surface area (Å²) in [6, 6.07) is 19.2. The van der Waals surface area contributed by atoms with Crippen LogP contribution in [-0.2, 0) is 0 Å². The highest BCUT2D eigenvalue weighted by Crippen LogP contribution is 2.18. The molecule has 0 saturated heterocycles. The number of benzene rings is 2. The molecule has 0 spiro atoms. The third kappa shape index (κ3) is 4.35. The number of carbonyl (C=O) groups excluding carboxylic acids is 2. The molecule has 1 heterocycles. The molecule has 3 rings (SSSR count). The van der Waals surface area contributed by atoms with Crippen LogP contribution in [0.5, 0.6) is 0 Å². The summed E-state index contributed by atoms with van der Waals surface area (Å²) in [6.07, 6.45) is 1.45. The van der Waals surface area contributed by atoms with E-state index in [2.05, 4.69) is 15.6 Å². The van der Waals surface area contributed by atoms with E-state index in [1.807, 2.05) is 12.1 Å². The van der Waals surface area contributed by atoms with Crippen LogP contribution in [0.1, 0.15) is 33.2 Å². The van der Waals surface area contributed by atoms with Crippen LogP contribution >= 0.6 is 0 Å². The van der Waals surface area contributed by atoms with Crippen LogP contribution in [0, 0.1) is 11.3 Å². The normalized spacial score (nSPS) is 9.93. The first-order valence-corrected chi connectivity index (χ1v) is 8.21. The van der Waals surface area contributed by atoms with Gasteiger partial charge in [-0.25, -0.2) is 4.98 Å². The molecule has 0 radical (unpaired) electrons. The Balaban J connectivity index is 1.71. The van der Waals surface area contributed by atoms with Crippen molar-refractivity contribution in [3.05, 3.63) is 83.6 Å². The number of Topliss-reactive ketones (excluding diaryl/α,β-unsaturated/α-hetero) is 1. The van der Waals surface area contributed by atoms with Crippen LogP contribution in [-0.4, -0.2) is 16.7 Å². The molecule has 132 valence electrons. The Kier molecular flexibility index (Phi) is 5.24. The number of rotatable bonds is 5. The Morgan fingerprint density at radius 3 is 2.52 bits per heavy atom. The number of hydrogen-bond donors (Lipinski definition) is 2. The molecule has 6 heteroatoms. The minimum absolute atomic E-state index is 0.0173. The monoisotopic (exact) mass is 356 g/mol. The molecular formula is C21H16N4O2. The lowest BCUT2D eigenvalue weighted by Gasteiger charge is -2.09. The molecular weight excluding hydrogens is 340 g/mol. The van der Waals surface area contributed by atoms with Gasteiger partial charge in [0.25, 0.3) is 5.91 Å². The molecule has 6 nitrogen and oxygen atoms in total. The topological polar surface area (TPSA) is 94.9 Å². The molecule has 0 aliphatic heterocycles. The van der Waals surface area contributed by atoms with E-state index in [0.717, 1.165) is 5.69 Å². The number of nitrogens with one attached hydrogen (secondary N) is 2. The van der Waals surface area contributed by atoms with Gasteiger partial charge in [0.2, 0.25) is 0 Å². The van der Waals surface area contributed by atoms with Crippen molar-refractivity contribution in [1.82, 2.24) is 4.98 Å². The van der Waals surface area contributed by atoms with E-state index in [1.165, 1.54) is 13.1 Å². The number of aromatic nitrogens is 1. The van der Waals surface area contributed by atoms with Crippen molar-refractivity contribution < 1.29 is 9.59 Å². The second-order valence-corrected chi connectivity index (χ2v) is 5.81. The number of pyridine rings is 1. The molecule has 0 atom stereocenters. The molecule has 1 aromatic heterocycles. The summed E-state index contributed by atoms with van der Waals surface area (Å²) < 4.78 is 0. The van der Waals surface area contributed by atoms with Crippen molar-refractivity contribution in [2.24, 2.45) is 0 Å². The van der Waals surface area contributed by atoms with Gasteiger partial charge in [-0.3, -0.25) is 9.59 Å². The Hall–Kier alpha value is -3.98. The standard InChI is InChI=1S/C21H16N4O2/c1-14(26)15-6-4-7-18(11-15)24-20-10-9-17(13-23-20)21(27)25-19-8-3-2-5-16(19)12-22/h2-11,13H,1H3,(H,23,24)(H,25,27). The summed E-state index contributed by atoms with van der Waals surface area (Å²) in [5.74, 6) is 0.177. The third-order valence-electron chi connectivity index (χ3n) is 3.86. The Labute approximate surface area is 156 Å². The van der Waals surface area contributed by atoms with Crippen LogP contribution in [0.2, 0.25) is 0 Å². The van der Waals surface area contributed by atoms with Gasteiger partial charge in [0, 0.05) is 17.4 Å². The number of ketones is 1. The number of nitrogens with zero attached hydrogens (tertiary/aromatic N) is 2. The van der Waals surface area contributed by atoms with Crippen molar-refractivity contribution >= 4 is 28.9 Å². The molecule has 0 saturated carbocycles. The van der Waals surface area contributed by atoms with Crippen molar-refractivity contribution in [3.8, 4) is 6.07 Å². The van der Waals surface area contributed by atoms with Crippen molar-refractivity contribution in [1.29, 1.82) is 5.26 Å². The van der Waals surface area contributed by atoms with Crippen molar-refractivity contribution in [2.45, 2.75) is 6.92 Å². The predicted octanol–water partition coefficient (Wildman–Crippen LogP) is 4.15. The van der Waals surface area contributed by atoms with Gasteiger partial charge in [-0.1, -0.05) is 24.3 Å². The van der Waals surface area contributed by atoms with E-state index in [-0.39, 0.29) is 11.7 Å². The van der Waals surface area contributed by atoms with Gasteiger partial charge in [-0.15, -0.1) is 0 Å². The number of hydrogen-bond acceptors (Lipinski definition) is 5. The maximum atomic E-state index is 12.4. The number of carbonyl (C=O) groups is 2. The van der Waals surface area contributed by atoms with Gasteiger partial charge in [-0.2, -0.15) is 5.26 Å². The number of anilines is 3. The van der Waals surface area contributed by atoms with E-state index < -0.39 is 0 Å². The van der Waals surface area contributed by atoms with Crippen LogP contribution in [0.3, 0.4) is 0 Å². The molecule has 0 aliphatic rings. The van der Waals surface area contributed by atoms with Crippen LogP contribution in [0.25, 0.3) is 0 Å². The molecule has 0 aliphatic carbocycles. The molecule has 0 fully saturated rings. The molecule has 27 heavy (non-hydrogen) atoms. The first-order chi connectivity index (χ1) is 13.1. The number of amides is 1. The van der Waals surface area contributed by atoms with E-state index >= 15 is 0 Å². The fourth-order valence-electron chi connectivity index (χ4n) is 2.45. The first kappa shape index (κ1) is 17.8. The zero-order chi connectivity index (χ0) is 19.2. The average molecular weight is 356 g/mol. The van der Waals surface area contributed by atoms with Crippen LogP contribution < -0.4 is 10.6 Å². The lowest BCUT2D eigenvalue weighted by molar-refractivity contribution is 0.101. The average Bonchev–Trinajstić information content (AvgIpc) is 2.69. The fourth-order valence-corrected chi connectivity index (χ4v) is 2.45. The number of para-hydroxylation sites is 1. The summed E-state index contributed by atoms with van der Waals surface area (Å²) in [5, 5.41) is 14.9. The van der Waals surface area contributed by atoms with Gasteiger partial charge < -0.3 is 10.6 Å². The summed E-state index contributed by atoms with van der Waals surface area (Å²) in [4.78, 5) is 28.0. The second kappa shape index (κ2) is 7.93. The first-order valence-electron chi connectivity index (χ1n) is 8.21. The molecule has 0 bridgehead atoms. The summed E-state index contributed by atoms with van der Waals surface area (Å²) in [6.45, 7) is 1.51. The highest BCUT2D eigenvalue weighted by Gasteiger charge is 2.09. The second-order valence-electron chi connectivity index (χ2n) is 5.81. The summed E-state index contributed by atoms with van der Waals surface area (Å²) in [5.41, 5.74) is 2.55. The molecule has 2 aromatic carbocycles. The minimum Gasteiger partial charge on any atom is -0.340 e. The smallest absolute Gasteiger partial charge is 0.257 e. The van der Waals surface area contributed by atoms with E-state index in [0.29, 0.717) is 28.2 Å². The van der Waals surface area contributed by atoms with E-state index in [4.69, 9.17) is 5.26 Å². The molecule has 0 unspecified atom stereocenters. The fraction of sp³-hybridized carbons (Fsp3) is 0.0476. The highest BCUT2D eigenvalue weighted by molar-refractivity contribution is 6.04. The van der Waals surface area contributed by atoms with Gasteiger partial charge in [-0.05, 0) is 43.3 Å². The Bertz CT molecular complexity index is 1040. The lowest BCUT2D eigenvalue weighted by Crippen LogP contribution is -2.13. The van der Waals surface area contributed by atoms with Crippen LogP contribution in [0.15, 0.2) is 66.9 Å². The Morgan fingerprint density at radius 1 is 1.00 bits per heavy atom. The third-order valence-corrected chi connectivity index (χ3v) is 3.86. The summed E-state index contributed by atoms with van der Waals surface area (Å²) in [7, 11) is 0. The lowest BCUT2D eigenvalue weighted by atomic mass is 10.1. The van der Waals surface area contributed by atoms with Crippen molar-refractivity contribution in [3.63, 3.8) is 0 Å². The van der Waals surface area contributed by atoms with E-state index in [9.17, 15) is 9.59 Å². The quantitative estimate of drug-likeness (QED) is 0.670. The maximum absolute atomic E-state index is 12.4. The van der Waals surface area contributed by atoms with Gasteiger partial charge in [0.1, 0.15) is 11.9 Å². The van der Waals surface area contributed by atoms with E-state index in [1.54, 1.807) is 54.6 Å². The predicted molar refractivity (Wildman–Crippen MR) is 103 cm³/mol. The minimum atomic E-state index is -0.352. The zero-order valence-electron chi connectivity index (χ0n) is 14.6. The molecule has 1 amide bonds. The molecule has 3 aromatic rings. The Morgan fingerprint density at radius 2 is 1.81 bits per heavy atom. The highest BCUT2D eigenvalue weighted by atomic mass is 16.1. The number of nitriles is 1. The maximum Gasteiger partial charge on any atom is 0.257 e. The van der Waals surface area contributed by atoms with Crippen molar-refractivity contribution in [2.75, 3.05) is 10.6 Å². The van der Waals surface area contributed by atoms with Crippen LogP contribution in [0.4, 0.5) is 17.2 Å². The summed E-state index contributed by atoms with van der Waals surface area (Å²) >= 11 is 0. The van der Waals surface area contributed by atoms with Gasteiger partial charge >= 0.3 is 0 Å². The molecule has 2 N–H and O–H groups in total. The zero-order valence-corrected chi connectivity index (χ0v) is 14.6. The van der Waals surface area contributed by atoms with Gasteiger partial charge in [0.05, 0.1) is 16.8 Å².